The molecule has 0 atom stereocenters. The van der Waals surface area contributed by atoms with E-state index in [1.165, 1.54) is 11.1 Å². The Labute approximate surface area is 148 Å². The van der Waals surface area contributed by atoms with Gasteiger partial charge in [-0.3, -0.25) is 4.79 Å². The number of aryl methyl sites for hydroxylation is 1. The fourth-order valence-electron chi connectivity index (χ4n) is 2.63. The van der Waals surface area contributed by atoms with Crippen LogP contribution >= 0.6 is 12.4 Å². The Hall–Kier alpha value is -2.04. The highest BCUT2D eigenvalue weighted by atomic mass is 35.5. The van der Waals surface area contributed by atoms with Gasteiger partial charge in [-0.2, -0.15) is 0 Å². The van der Waals surface area contributed by atoms with E-state index in [1.807, 2.05) is 18.2 Å². The Morgan fingerprint density at radius 1 is 1.21 bits per heavy atom. The molecule has 2 aromatic rings. The van der Waals surface area contributed by atoms with Gasteiger partial charge in [0.05, 0.1) is 0 Å². The highest BCUT2D eigenvalue weighted by molar-refractivity contribution is 5.92. The molecule has 0 saturated carbocycles. The summed E-state index contributed by atoms with van der Waals surface area (Å²) in [5.41, 5.74) is 3.54. The van der Waals surface area contributed by atoms with E-state index in [4.69, 9.17) is 4.42 Å². The van der Waals surface area contributed by atoms with Gasteiger partial charge in [0.15, 0.2) is 5.76 Å². The highest BCUT2D eigenvalue weighted by Crippen LogP contribution is 2.22. The summed E-state index contributed by atoms with van der Waals surface area (Å²) < 4.78 is 5.70. The van der Waals surface area contributed by atoms with E-state index in [-0.39, 0.29) is 18.3 Å². The van der Waals surface area contributed by atoms with Crippen molar-refractivity contribution in [1.82, 2.24) is 10.6 Å². The standard InChI is InChI=1S/C19H22N2O2.ClH/c1-2-14-3-5-16(6-4-14)17-7-8-18(23-17)19(22)21-13-15-9-11-20-12-10-15;/h3-9,20H,2,10-13H2,1H3,(H,21,22);1H. The van der Waals surface area contributed by atoms with Crippen LogP contribution < -0.4 is 10.6 Å². The van der Waals surface area contributed by atoms with Gasteiger partial charge < -0.3 is 15.1 Å². The van der Waals surface area contributed by atoms with Crippen molar-refractivity contribution >= 4 is 18.3 Å². The van der Waals surface area contributed by atoms with Crippen LogP contribution in [0.4, 0.5) is 0 Å². The summed E-state index contributed by atoms with van der Waals surface area (Å²) in [5, 5.41) is 6.18. The van der Waals surface area contributed by atoms with E-state index in [9.17, 15) is 4.79 Å². The van der Waals surface area contributed by atoms with Crippen LogP contribution in [0.2, 0.25) is 0 Å². The first-order chi connectivity index (χ1) is 11.3. The second-order valence-corrected chi connectivity index (χ2v) is 5.71. The van der Waals surface area contributed by atoms with Crippen molar-refractivity contribution in [2.24, 2.45) is 0 Å². The predicted octanol–water partition coefficient (Wildman–Crippen LogP) is 3.58. The number of furan rings is 1. The van der Waals surface area contributed by atoms with Gasteiger partial charge in [0.1, 0.15) is 5.76 Å². The molecule has 0 fully saturated rings. The first kappa shape index (κ1) is 18.3. The monoisotopic (exact) mass is 346 g/mol. The van der Waals surface area contributed by atoms with E-state index in [2.05, 4.69) is 35.8 Å². The van der Waals surface area contributed by atoms with Crippen LogP contribution in [-0.2, 0) is 6.42 Å². The minimum Gasteiger partial charge on any atom is -0.451 e. The fraction of sp³-hybridized carbons (Fsp3) is 0.316. The summed E-state index contributed by atoms with van der Waals surface area (Å²) in [6.45, 7) is 4.56. The maximum absolute atomic E-state index is 12.2. The molecule has 1 aromatic carbocycles. The number of hydrogen-bond donors (Lipinski definition) is 2. The molecule has 4 nitrogen and oxygen atoms in total. The summed E-state index contributed by atoms with van der Waals surface area (Å²) in [7, 11) is 0. The zero-order chi connectivity index (χ0) is 16.1. The molecule has 24 heavy (non-hydrogen) atoms. The molecular weight excluding hydrogens is 324 g/mol. The van der Waals surface area contributed by atoms with E-state index < -0.39 is 0 Å². The van der Waals surface area contributed by atoms with E-state index in [0.29, 0.717) is 12.3 Å². The van der Waals surface area contributed by atoms with Crippen LogP contribution in [0.15, 0.2) is 52.5 Å². The first-order valence-electron chi connectivity index (χ1n) is 8.12. The number of nitrogens with one attached hydrogen (secondary N) is 2. The van der Waals surface area contributed by atoms with Gasteiger partial charge in [0, 0.05) is 18.7 Å². The largest absolute Gasteiger partial charge is 0.451 e. The Balaban J connectivity index is 0.00000208. The van der Waals surface area contributed by atoms with Gasteiger partial charge in [0.25, 0.3) is 5.91 Å². The minimum atomic E-state index is -0.166. The maximum Gasteiger partial charge on any atom is 0.287 e. The Morgan fingerprint density at radius 3 is 2.67 bits per heavy atom. The molecule has 0 bridgehead atoms. The SMILES string of the molecule is CCc1ccc(-c2ccc(C(=O)NCC3=CCNCC3)o2)cc1.Cl. The summed E-state index contributed by atoms with van der Waals surface area (Å²) in [5.74, 6) is 0.911. The normalized spacial score (nSPS) is 13.8. The molecule has 2 heterocycles. The van der Waals surface area contributed by atoms with E-state index in [1.54, 1.807) is 6.07 Å². The Bertz CT molecular complexity index is 704. The molecular formula is C19H23ClN2O2. The molecule has 0 unspecified atom stereocenters. The second-order valence-electron chi connectivity index (χ2n) is 5.71. The summed E-state index contributed by atoms with van der Waals surface area (Å²) in [6.07, 6.45) is 4.12. The van der Waals surface area contributed by atoms with Crippen LogP contribution in [0, 0.1) is 0 Å². The second kappa shape index (κ2) is 8.71. The van der Waals surface area contributed by atoms with Crippen LogP contribution in [0.25, 0.3) is 11.3 Å². The predicted molar refractivity (Wildman–Crippen MR) is 98.7 cm³/mol. The number of carbonyl (C=O) groups excluding carboxylic acids is 1. The van der Waals surface area contributed by atoms with Gasteiger partial charge >= 0.3 is 0 Å². The number of rotatable bonds is 5. The smallest absolute Gasteiger partial charge is 0.287 e. The quantitative estimate of drug-likeness (QED) is 0.814. The lowest BCUT2D eigenvalue weighted by Gasteiger charge is -2.14. The van der Waals surface area contributed by atoms with Crippen LogP contribution in [0.1, 0.15) is 29.5 Å². The summed E-state index contributed by atoms with van der Waals surface area (Å²) in [4.78, 5) is 12.2. The van der Waals surface area contributed by atoms with Crippen LogP contribution in [0.5, 0.6) is 0 Å². The molecule has 5 heteroatoms. The lowest BCUT2D eigenvalue weighted by atomic mass is 10.1. The van der Waals surface area contributed by atoms with Crippen molar-refractivity contribution in [3.8, 4) is 11.3 Å². The van der Waals surface area contributed by atoms with Gasteiger partial charge in [-0.1, -0.05) is 42.8 Å². The fourth-order valence-corrected chi connectivity index (χ4v) is 2.63. The summed E-state index contributed by atoms with van der Waals surface area (Å²) in [6, 6.07) is 11.8. The van der Waals surface area contributed by atoms with E-state index >= 15 is 0 Å². The zero-order valence-electron chi connectivity index (χ0n) is 13.8. The van der Waals surface area contributed by atoms with Crippen molar-refractivity contribution < 1.29 is 9.21 Å². The lowest BCUT2D eigenvalue weighted by molar-refractivity contribution is 0.0930. The highest BCUT2D eigenvalue weighted by Gasteiger charge is 2.13. The summed E-state index contributed by atoms with van der Waals surface area (Å²) >= 11 is 0. The molecule has 1 aliphatic heterocycles. The third-order valence-corrected chi connectivity index (χ3v) is 4.11. The van der Waals surface area contributed by atoms with Crippen LogP contribution in [0.3, 0.4) is 0 Å². The van der Waals surface area contributed by atoms with Crippen molar-refractivity contribution in [2.75, 3.05) is 19.6 Å². The van der Waals surface area contributed by atoms with Gasteiger partial charge in [0.2, 0.25) is 0 Å². The molecule has 1 amide bonds. The number of carbonyl (C=O) groups is 1. The van der Waals surface area contributed by atoms with Crippen molar-refractivity contribution in [2.45, 2.75) is 19.8 Å². The third-order valence-electron chi connectivity index (χ3n) is 4.11. The molecule has 2 N–H and O–H groups in total. The number of benzene rings is 1. The van der Waals surface area contributed by atoms with Gasteiger partial charge in [-0.25, -0.2) is 0 Å². The molecule has 1 aliphatic rings. The topological polar surface area (TPSA) is 54.3 Å². The molecule has 0 saturated heterocycles. The first-order valence-corrected chi connectivity index (χ1v) is 8.12. The van der Waals surface area contributed by atoms with Crippen molar-refractivity contribution in [1.29, 1.82) is 0 Å². The number of amides is 1. The van der Waals surface area contributed by atoms with Crippen LogP contribution in [-0.4, -0.2) is 25.5 Å². The number of hydrogen-bond acceptors (Lipinski definition) is 3. The molecule has 128 valence electrons. The average molecular weight is 347 g/mol. The van der Waals surface area contributed by atoms with E-state index in [0.717, 1.165) is 37.3 Å². The Kier molecular flexibility index (Phi) is 6.64. The van der Waals surface area contributed by atoms with Crippen molar-refractivity contribution in [3.63, 3.8) is 0 Å². The number of halogens is 1. The third kappa shape index (κ3) is 4.49. The minimum absolute atomic E-state index is 0. The lowest BCUT2D eigenvalue weighted by Crippen LogP contribution is -2.29. The Morgan fingerprint density at radius 2 is 2.00 bits per heavy atom. The van der Waals surface area contributed by atoms with Crippen molar-refractivity contribution in [3.05, 3.63) is 59.4 Å². The van der Waals surface area contributed by atoms with Gasteiger partial charge in [-0.15, -0.1) is 12.4 Å². The molecule has 1 aromatic heterocycles. The van der Waals surface area contributed by atoms with Gasteiger partial charge in [-0.05, 0) is 37.1 Å². The zero-order valence-corrected chi connectivity index (χ0v) is 14.6. The average Bonchev–Trinajstić information content (AvgIpc) is 3.11. The maximum atomic E-state index is 12.2. The molecule has 0 spiro atoms. The molecule has 3 rings (SSSR count). The molecule has 0 radical (unpaired) electrons. The molecule has 0 aliphatic carbocycles.